The van der Waals surface area contributed by atoms with Crippen molar-refractivity contribution < 1.29 is 9.26 Å². The Labute approximate surface area is 102 Å². The van der Waals surface area contributed by atoms with Gasteiger partial charge in [0, 0.05) is 19.0 Å². The summed E-state index contributed by atoms with van der Waals surface area (Å²) in [5.41, 5.74) is 0. The zero-order valence-corrected chi connectivity index (χ0v) is 11.0. The zero-order chi connectivity index (χ0) is 12.4. The van der Waals surface area contributed by atoms with Crippen LogP contribution in [0.2, 0.25) is 0 Å². The average Bonchev–Trinajstić information content (AvgIpc) is 2.64. The molecule has 0 aliphatic carbocycles. The normalized spacial score (nSPS) is 26.6. The van der Waals surface area contributed by atoms with E-state index in [2.05, 4.69) is 42.7 Å². The molecule has 5 heteroatoms. The molecule has 0 radical (unpaired) electrons. The lowest BCUT2D eigenvalue weighted by Gasteiger charge is -2.34. The van der Waals surface area contributed by atoms with Crippen LogP contribution in [0.3, 0.4) is 0 Å². The van der Waals surface area contributed by atoms with E-state index in [-0.39, 0.29) is 12.2 Å². The Kier molecular flexibility index (Phi) is 3.79. The van der Waals surface area contributed by atoms with Gasteiger partial charge in [-0.05, 0) is 13.8 Å². The summed E-state index contributed by atoms with van der Waals surface area (Å²) >= 11 is 0. The summed E-state index contributed by atoms with van der Waals surface area (Å²) in [6.07, 6.45) is 0.539. The van der Waals surface area contributed by atoms with Gasteiger partial charge < -0.3 is 9.26 Å². The maximum Gasteiger partial charge on any atom is 0.240 e. The van der Waals surface area contributed by atoms with Crippen molar-refractivity contribution in [1.29, 1.82) is 0 Å². The van der Waals surface area contributed by atoms with Crippen molar-refractivity contribution in [1.82, 2.24) is 15.0 Å². The van der Waals surface area contributed by atoms with Crippen LogP contribution in [0, 0.1) is 0 Å². The minimum atomic E-state index is 0.270. The van der Waals surface area contributed by atoms with E-state index < -0.39 is 0 Å². The van der Waals surface area contributed by atoms with Crippen molar-refractivity contribution in [2.45, 2.75) is 52.4 Å². The van der Waals surface area contributed by atoms with Gasteiger partial charge >= 0.3 is 0 Å². The lowest BCUT2D eigenvalue weighted by molar-refractivity contribution is -0.0725. The third-order valence-corrected chi connectivity index (χ3v) is 2.85. The van der Waals surface area contributed by atoms with Crippen molar-refractivity contribution in [3.8, 4) is 0 Å². The molecule has 1 fully saturated rings. The summed E-state index contributed by atoms with van der Waals surface area (Å²) in [5, 5.41) is 3.98. The molecular weight excluding hydrogens is 218 g/mol. The molecule has 0 amide bonds. The number of hydrogen-bond donors (Lipinski definition) is 0. The van der Waals surface area contributed by atoms with Crippen LogP contribution in [-0.4, -0.2) is 40.3 Å². The number of ether oxygens (including phenoxy) is 1. The molecule has 17 heavy (non-hydrogen) atoms. The molecule has 0 bridgehead atoms. The minimum Gasteiger partial charge on any atom is -0.373 e. The molecule has 0 saturated carbocycles. The lowest BCUT2D eigenvalue weighted by Crippen LogP contribution is -2.44. The van der Waals surface area contributed by atoms with Crippen LogP contribution in [-0.2, 0) is 11.3 Å². The number of rotatable bonds is 3. The van der Waals surface area contributed by atoms with E-state index in [4.69, 9.17) is 9.26 Å². The summed E-state index contributed by atoms with van der Waals surface area (Å²) in [7, 11) is 0. The van der Waals surface area contributed by atoms with Crippen LogP contribution in [0.4, 0.5) is 0 Å². The van der Waals surface area contributed by atoms with E-state index >= 15 is 0 Å². The highest BCUT2D eigenvalue weighted by Crippen LogP contribution is 2.15. The first-order valence-corrected chi connectivity index (χ1v) is 6.25. The lowest BCUT2D eigenvalue weighted by atomic mass is 10.2. The summed E-state index contributed by atoms with van der Waals surface area (Å²) in [6.45, 7) is 10.9. The van der Waals surface area contributed by atoms with Gasteiger partial charge in [0.05, 0.1) is 18.8 Å². The fourth-order valence-corrected chi connectivity index (χ4v) is 2.17. The number of morpholine rings is 1. The fraction of sp³-hybridized carbons (Fsp3) is 0.833. The van der Waals surface area contributed by atoms with Crippen molar-refractivity contribution in [3.63, 3.8) is 0 Å². The third kappa shape index (κ3) is 3.26. The molecule has 0 unspecified atom stereocenters. The van der Waals surface area contributed by atoms with E-state index in [1.165, 1.54) is 0 Å². The molecule has 1 aromatic rings. The number of hydrogen-bond acceptors (Lipinski definition) is 5. The Morgan fingerprint density at radius 2 is 1.94 bits per heavy atom. The maximum absolute atomic E-state index is 5.69. The minimum absolute atomic E-state index is 0.270. The van der Waals surface area contributed by atoms with Gasteiger partial charge in [-0.1, -0.05) is 19.0 Å². The van der Waals surface area contributed by atoms with Crippen LogP contribution in [0.15, 0.2) is 4.52 Å². The Hall–Kier alpha value is -0.940. The van der Waals surface area contributed by atoms with Gasteiger partial charge in [-0.3, -0.25) is 4.90 Å². The quantitative estimate of drug-likeness (QED) is 0.805. The molecular formula is C12H21N3O2. The smallest absolute Gasteiger partial charge is 0.240 e. The van der Waals surface area contributed by atoms with Crippen LogP contribution in [0.5, 0.6) is 0 Å². The standard InChI is InChI=1S/C12H21N3O2/c1-8(2)12-13-11(17-14-12)7-15-5-9(3)16-10(4)6-15/h8-10H,5-7H2,1-4H3/t9-,10-/m0/s1. The highest BCUT2D eigenvalue weighted by molar-refractivity contribution is 4.92. The molecule has 0 aromatic carbocycles. The molecule has 0 spiro atoms. The molecule has 1 aliphatic rings. The van der Waals surface area contributed by atoms with E-state index in [1.54, 1.807) is 0 Å². The first-order valence-electron chi connectivity index (χ1n) is 6.25. The second-order valence-electron chi connectivity index (χ2n) is 5.15. The molecule has 5 nitrogen and oxygen atoms in total. The predicted octanol–water partition coefficient (Wildman–Crippen LogP) is 1.80. The Morgan fingerprint density at radius 1 is 1.29 bits per heavy atom. The first kappa shape index (κ1) is 12.5. The van der Waals surface area contributed by atoms with Gasteiger partial charge in [0.2, 0.25) is 5.89 Å². The second-order valence-corrected chi connectivity index (χ2v) is 5.15. The molecule has 96 valence electrons. The summed E-state index contributed by atoms with van der Waals surface area (Å²) < 4.78 is 10.9. The van der Waals surface area contributed by atoms with E-state index in [0.29, 0.717) is 11.8 Å². The van der Waals surface area contributed by atoms with Crippen LogP contribution < -0.4 is 0 Å². The van der Waals surface area contributed by atoms with Crippen LogP contribution in [0.1, 0.15) is 45.3 Å². The van der Waals surface area contributed by atoms with Crippen molar-refractivity contribution >= 4 is 0 Å². The number of nitrogens with zero attached hydrogens (tertiary/aromatic N) is 3. The molecule has 2 heterocycles. The Morgan fingerprint density at radius 3 is 2.47 bits per heavy atom. The van der Waals surface area contributed by atoms with Crippen LogP contribution >= 0.6 is 0 Å². The number of aromatic nitrogens is 2. The molecule has 2 atom stereocenters. The fourth-order valence-electron chi connectivity index (χ4n) is 2.17. The molecule has 0 N–H and O–H groups in total. The van der Waals surface area contributed by atoms with Gasteiger partial charge in [-0.2, -0.15) is 4.98 Å². The predicted molar refractivity (Wildman–Crippen MR) is 63.7 cm³/mol. The SMILES string of the molecule is CC(C)c1noc(CN2C[C@H](C)O[C@@H](C)C2)n1. The van der Waals surface area contributed by atoms with Crippen molar-refractivity contribution in [2.24, 2.45) is 0 Å². The van der Waals surface area contributed by atoms with Gasteiger partial charge in [-0.15, -0.1) is 0 Å². The Bertz CT molecular complexity index is 354. The first-order chi connectivity index (χ1) is 8.04. The summed E-state index contributed by atoms with van der Waals surface area (Å²) in [5.74, 6) is 1.80. The van der Waals surface area contributed by atoms with E-state index in [0.717, 1.165) is 25.5 Å². The van der Waals surface area contributed by atoms with Gasteiger partial charge in [0.25, 0.3) is 0 Å². The summed E-state index contributed by atoms with van der Waals surface area (Å²) in [6, 6.07) is 0. The average molecular weight is 239 g/mol. The Balaban J connectivity index is 1.95. The van der Waals surface area contributed by atoms with Crippen LogP contribution in [0.25, 0.3) is 0 Å². The monoisotopic (exact) mass is 239 g/mol. The highest BCUT2D eigenvalue weighted by atomic mass is 16.5. The molecule has 1 saturated heterocycles. The van der Waals surface area contributed by atoms with Crippen molar-refractivity contribution in [2.75, 3.05) is 13.1 Å². The molecule has 1 aromatic heterocycles. The van der Waals surface area contributed by atoms with Gasteiger partial charge in [0.1, 0.15) is 0 Å². The summed E-state index contributed by atoms with van der Waals surface area (Å²) in [4.78, 5) is 6.70. The van der Waals surface area contributed by atoms with Gasteiger partial charge in [0.15, 0.2) is 5.82 Å². The largest absolute Gasteiger partial charge is 0.373 e. The van der Waals surface area contributed by atoms with E-state index in [1.807, 2.05) is 0 Å². The second kappa shape index (κ2) is 5.14. The maximum atomic E-state index is 5.69. The van der Waals surface area contributed by atoms with Crippen molar-refractivity contribution in [3.05, 3.63) is 11.7 Å². The highest BCUT2D eigenvalue weighted by Gasteiger charge is 2.23. The van der Waals surface area contributed by atoms with E-state index in [9.17, 15) is 0 Å². The molecule has 2 rings (SSSR count). The molecule has 1 aliphatic heterocycles. The third-order valence-electron chi connectivity index (χ3n) is 2.85. The topological polar surface area (TPSA) is 51.4 Å². The van der Waals surface area contributed by atoms with Gasteiger partial charge in [-0.25, -0.2) is 0 Å². The zero-order valence-electron chi connectivity index (χ0n) is 11.0.